The van der Waals surface area contributed by atoms with Crippen molar-refractivity contribution in [3.63, 3.8) is 0 Å². The quantitative estimate of drug-likeness (QED) is 0.722. The molecule has 0 bridgehead atoms. The Morgan fingerprint density at radius 3 is 2.89 bits per heavy atom. The van der Waals surface area contributed by atoms with Crippen molar-refractivity contribution in [1.29, 1.82) is 0 Å². The number of halogens is 1. The van der Waals surface area contributed by atoms with E-state index in [0.717, 1.165) is 11.1 Å². The van der Waals surface area contributed by atoms with E-state index in [1.807, 2.05) is 12.1 Å². The van der Waals surface area contributed by atoms with Crippen LogP contribution in [0.1, 0.15) is 29.0 Å². The summed E-state index contributed by atoms with van der Waals surface area (Å²) < 4.78 is 24.9. The number of carbonyl (C=O) groups is 1. The molecule has 1 aliphatic rings. The molecule has 3 aromatic rings. The number of carbonyl (C=O) groups excluding carboxylic acids is 1. The summed E-state index contributed by atoms with van der Waals surface area (Å²) in [6.07, 6.45) is 1.98. The SMILES string of the molecule is COc1cccc([C@@H]2CC(=O)Nc3[nH]ncc32)c1OCc1cccc(F)c1. The third-order valence-electron chi connectivity index (χ3n) is 4.57. The number of hydrogen-bond donors (Lipinski definition) is 2. The molecule has 4 rings (SSSR count). The van der Waals surface area contributed by atoms with E-state index in [1.54, 1.807) is 31.5 Å². The fourth-order valence-corrected chi connectivity index (χ4v) is 3.33. The molecule has 0 aliphatic carbocycles. The Morgan fingerprint density at radius 1 is 1.22 bits per heavy atom. The van der Waals surface area contributed by atoms with Gasteiger partial charge in [0, 0.05) is 23.5 Å². The molecule has 0 radical (unpaired) electrons. The molecule has 0 spiro atoms. The Balaban J connectivity index is 1.71. The molecular formula is C20H18FN3O3. The molecule has 138 valence electrons. The number of methoxy groups -OCH3 is 1. The monoisotopic (exact) mass is 367 g/mol. The van der Waals surface area contributed by atoms with Gasteiger partial charge in [0.25, 0.3) is 0 Å². The van der Waals surface area contributed by atoms with Crippen LogP contribution >= 0.6 is 0 Å². The Morgan fingerprint density at radius 2 is 2.07 bits per heavy atom. The molecular weight excluding hydrogens is 349 g/mol. The van der Waals surface area contributed by atoms with E-state index in [9.17, 15) is 9.18 Å². The second-order valence-electron chi connectivity index (χ2n) is 6.30. The lowest BCUT2D eigenvalue weighted by Crippen LogP contribution is -2.23. The van der Waals surface area contributed by atoms with Gasteiger partial charge < -0.3 is 14.8 Å². The zero-order valence-corrected chi connectivity index (χ0v) is 14.7. The van der Waals surface area contributed by atoms with E-state index in [1.165, 1.54) is 12.1 Å². The number of para-hydroxylation sites is 1. The van der Waals surface area contributed by atoms with Crippen molar-refractivity contribution in [2.75, 3.05) is 12.4 Å². The molecule has 1 amide bonds. The van der Waals surface area contributed by atoms with E-state index < -0.39 is 0 Å². The van der Waals surface area contributed by atoms with Crippen LogP contribution in [0.2, 0.25) is 0 Å². The molecule has 2 aromatic carbocycles. The van der Waals surface area contributed by atoms with E-state index in [2.05, 4.69) is 15.5 Å². The lowest BCUT2D eigenvalue weighted by atomic mass is 9.86. The van der Waals surface area contributed by atoms with Gasteiger partial charge >= 0.3 is 0 Å². The summed E-state index contributed by atoms with van der Waals surface area (Å²) in [5, 5.41) is 9.62. The van der Waals surface area contributed by atoms with Crippen molar-refractivity contribution in [2.24, 2.45) is 0 Å². The molecule has 1 atom stereocenters. The number of anilines is 1. The number of aromatic nitrogens is 2. The van der Waals surface area contributed by atoms with E-state index in [4.69, 9.17) is 9.47 Å². The van der Waals surface area contributed by atoms with Crippen LogP contribution in [0.3, 0.4) is 0 Å². The first-order chi connectivity index (χ1) is 13.2. The lowest BCUT2D eigenvalue weighted by molar-refractivity contribution is -0.116. The summed E-state index contributed by atoms with van der Waals surface area (Å²) in [7, 11) is 1.56. The number of nitrogens with zero attached hydrogens (tertiary/aromatic N) is 1. The zero-order valence-electron chi connectivity index (χ0n) is 14.7. The Bertz CT molecular complexity index is 986. The maximum atomic E-state index is 13.4. The summed E-state index contributed by atoms with van der Waals surface area (Å²) in [4.78, 5) is 12.1. The van der Waals surface area contributed by atoms with Gasteiger partial charge in [0.2, 0.25) is 5.91 Å². The van der Waals surface area contributed by atoms with Crippen molar-refractivity contribution < 1.29 is 18.7 Å². The predicted octanol–water partition coefficient (Wildman–Crippen LogP) is 3.61. The fourth-order valence-electron chi connectivity index (χ4n) is 3.33. The van der Waals surface area contributed by atoms with Crippen molar-refractivity contribution in [2.45, 2.75) is 18.9 Å². The summed E-state index contributed by atoms with van der Waals surface area (Å²) in [5.74, 6) is 1.05. The van der Waals surface area contributed by atoms with Gasteiger partial charge in [0.05, 0.1) is 13.3 Å². The molecule has 7 heteroatoms. The first-order valence-electron chi connectivity index (χ1n) is 8.53. The van der Waals surface area contributed by atoms with Gasteiger partial charge in [-0.05, 0) is 23.8 Å². The number of fused-ring (bicyclic) bond motifs is 1. The topological polar surface area (TPSA) is 76.2 Å². The Kier molecular flexibility index (Phi) is 4.50. The van der Waals surface area contributed by atoms with Crippen LogP contribution in [0, 0.1) is 5.82 Å². The third kappa shape index (κ3) is 3.36. The van der Waals surface area contributed by atoms with Gasteiger partial charge in [0.15, 0.2) is 11.5 Å². The van der Waals surface area contributed by atoms with Gasteiger partial charge in [-0.1, -0.05) is 24.3 Å². The lowest BCUT2D eigenvalue weighted by Gasteiger charge is -2.25. The first-order valence-corrected chi connectivity index (χ1v) is 8.53. The minimum atomic E-state index is -0.316. The van der Waals surface area contributed by atoms with Crippen molar-refractivity contribution in [3.05, 3.63) is 71.2 Å². The summed E-state index contributed by atoms with van der Waals surface area (Å²) in [5.41, 5.74) is 2.42. The third-order valence-corrected chi connectivity index (χ3v) is 4.57. The molecule has 0 fully saturated rings. The fraction of sp³-hybridized carbons (Fsp3) is 0.200. The minimum absolute atomic E-state index is 0.101. The van der Waals surface area contributed by atoms with Crippen LogP contribution < -0.4 is 14.8 Å². The predicted molar refractivity (Wildman–Crippen MR) is 97.4 cm³/mol. The van der Waals surface area contributed by atoms with Crippen molar-refractivity contribution in [3.8, 4) is 11.5 Å². The van der Waals surface area contributed by atoms with E-state index in [-0.39, 0.29) is 30.7 Å². The molecule has 1 aromatic heterocycles. The Hall–Kier alpha value is -3.35. The summed E-state index contributed by atoms with van der Waals surface area (Å²) in [6, 6.07) is 11.8. The second-order valence-corrected chi connectivity index (χ2v) is 6.30. The van der Waals surface area contributed by atoms with Crippen LogP contribution in [-0.4, -0.2) is 23.2 Å². The van der Waals surface area contributed by atoms with Crippen LogP contribution in [0.25, 0.3) is 0 Å². The molecule has 6 nitrogen and oxygen atoms in total. The van der Waals surface area contributed by atoms with Gasteiger partial charge in [-0.2, -0.15) is 5.10 Å². The normalized spacial score (nSPS) is 15.8. The summed E-state index contributed by atoms with van der Waals surface area (Å²) in [6.45, 7) is 0.183. The van der Waals surface area contributed by atoms with Crippen LogP contribution in [0.4, 0.5) is 10.2 Å². The number of ether oxygens (including phenoxy) is 2. The molecule has 27 heavy (non-hydrogen) atoms. The second kappa shape index (κ2) is 7.11. The molecule has 0 unspecified atom stereocenters. The first kappa shape index (κ1) is 17.1. The number of benzene rings is 2. The van der Waals surface area contributed by atoms with Crippen molar-refractivity contribution in [1.82, 2.24) is 10.2 Å². The number of hydrogen-bond acceptors (Lipinski definition) is 4. The Labute approximate surface area is 155 Å². The summed E-state index contributed by atoms with van der Waals surface area (Å²) >= 11 is 0. The highest BCUT2D eigenvalue weighted by atomic mass is 19.1. The van der Waals surface area contributed by atoms with Gasteiger partial charge in [-0.25, -0.2) is 4.39 Å². The molecule has 0 saturated heterocycles. The average molecular weight is 367 g/mol. The number of amides is 1. The van der Waals surface area contributed by atoms with Gasteiger partial charge in [-0.3, -0.25) is 9.89 Å². The molecule has 0 saturated carbocycles. The van der Waals surface area contributed by atoms with E-state index >= 15 is 0 Å². The number of rotatable bonds is 5. The van der Waals surface area contributed by atoms with E-state index in [0.29, 0.717) is 22.9 Å². The van der Waals surface area contributed by atoms with Gasteiger partial charge in [0.1, 0.15) is 18.2 Å². The zero-order chi connectivity index (χ0) is 18.8. The number of aromatic amines is 1. The largest absolute Gasteiger partial charge is 0.493 e. The number of H-pyrrole nitrogens is 1. The maximum absolute atomic E-state index is 13.4. The highest BCUT2D eigenvalue weighted by Gasteiger charge is 2.31. The standard InChI is InChI=1S/C20H18FN3O3/c1-26-17-7-3-6-14(15-9-18(25)23-20-16(15)10-22-24-20)19(17)27-11-12-4-2-5-13(21)8-12/h2-8,10,15H,9,11H2,1H3,(H2,22,23,24,25)/t15-/m0/s1. The molecule has 2 heterocycles. The minimum Gasteiger partial charge on any atom is -0.493 e. The maximum Gasteiger partial charge on any atom is 0.226 e. The van der Waals surface area contributed by atoms with Crippen LogP contribution in [0.5, 0.6) is 11.5 Å². The van der Waals surface area contributed by atoms with Crippen LogP contribution in [-0.2, 0) is 11.4 Å². The van der Waals surface area contributed by atoms with Crippen LogP contribution in [0.15, 0.2) is 48.7 Å². The molecule has 1 aliphatic heterocycles. The van der Waals surface area contributed by atoms with Gasteiger partial charge in [-0.15, -0.1) is 0 Å². The van der Waals surface area contributed by atoms with Crippen molar-refractivity contribution >= 4 is 11.7 Å². The molecule has 2 N–H and O–H groups in total. The smallest absolute Gasteiger partial charge is 0.226 e. The highest BCUT2D eigenvalue weighted by molar-refractivity contribution is 5.94. The average Bonchev–Trinajstić information content (AvgIpc) is 3.13. The highest BCUT2D eigenvalue weighted by Crippen LogP contribution is 2.43. The number of nitrogens with one attached hydrogen (secondary N) is 2.